The van der Waals surface area contributed by atoms with Crippen molar-refractivity contribution in [3.05, 3.63) is 52.5 Å². The number of fused-ring (bicyclic) bond motifs is 1. The van der Waals surface area contributed by atoms with E-state index in [0.717, 1.165) is 12.1 Å². The van der Waals surface area contributed by atoms with Gasteiger partial charge in [-0.15, -0.1) is 0 Å². The van der Waals surface area contributed by atoms with E-state index in [1.54, 1.807) is 0 Å². The molecule has 26 heavy (non-hydrogen) atoms. The smallest absolute Gasteiger partial charge is 0.416 e. The van der Waals surface area contributed by atoms with Gasteiger partial charge in [-0.3, -0.25) is 9.59 Å². The molecule has 0 saturated heterocycles. The Morgan fingerprint density at radius 1 is 1.27 bits per heavy atom. The van der Waals surface area contributed by atoms with Gasteiger partial charge in [0.15, 0.2) is 6.61 Å². The van der Waals surface area contributed by atoms with E-state index >= 15 is 0 Å². The molecule has 1 aliphatic heterocycles. The molecule has 0 atom stereocenters. The number of anilines is 2. The maximum Gasteiger partial charge on any atom is 0.416 e. The van der Waals surface area contributed by atoms with Crippen molar-refractivity contribution in [2.24, 2.45) is 0 Å². The summed E-state index contributed by atoms with van der Waals surface area (Å²) in [5.41, 5.74) is 0.00865. The number of halogens is 4. The summed E-state index contributed by atoms with van der Waals surface area (Å²) in [6, 6.07) is 7.41. The van der Waals surface area contributed by atoms with Gasteiger partial charge < -0.3 is 15.4 Å². The normalized spacial score (nSPS) is 13.5. The molecular weight excluding hydrogens is 373 g/mol. The van der Waals surface area contributed by atoms with Crippen molar-refractivity contribution in [2.45, 2.75) is 12.6 Å². The SMILES string of the molecule is O=C(Cc1cccc(C(F)(F)F)c1)Nc1cc2c(cc1Cl)NC(=O)CO2. The van der Waals surface area contributed by atoms with Gasteiger partial charge in [0.2, 0.25) is 5.91 Å². The van der Waals surface area contributed by atoms with E-state index < -0.39 is 17.6 Å². The predicted molar refractivity (Wildman–Crippen MR) is 89.4 cm³/mol. The summed E-state index contributed by atoms with van der Waals surface area (Å²) in [6.45, 7) is -0.160. The third-order valence-corrected chi connectivity index (χ3v) is 3.91. The number of alkyl halides is 3. The molecule has 0 fully saturated rings. The molecule has 2 amide bonds. The van der Waals surface area contributed by atoms with Gasteiger partial charge in [0.1, 0.15) is 5.75 Å². The van der Waals surface area contributed by atoms with Crippen LogP contribution < -0.4 is 15.4 Å². The quantitative estimate of drug-likeness (QED) is 0.844. The third-order valence-electron chi connectivity index (χ3n) is 3.60. The van der Waals surface area contributed by atoms with Gasteiger partial charge in [-0.05, 0) is 17.7 Å². The van der Waals surface area contributed by atoms with Crippen molar-refractivity contribution >= 4 is 34.8 Å². The zero-order valence-electron chi connectivity index (χ0n) is 13.1. The van der Waals surface area contributed by atoms with Crippen LogP contribution >= 0.6 is 11.6 Å². The Kier molecular flexibility index (Phi) is 4.78. The standard InChI is InChI=1S/C17H12ClF3N2O3/c18-11-6-13-14(26-8-16(25)23-13)7-12(11)22-15(24)5-9-2-1-3-10(4-9)17(19,20)21/h1-4,6-7H,5,8H2,(H,22,24)(H,23,25). The number of benzene rings is 2. The Balaban J connectivity index is 1.74. The van der Waals surface area contributed by atoms with E-state index in [-0.39, 0.29) is 35.2 Å². The molecule has 2 aromatic rings. The highest BCUT2D eigenvalue weighted by molar-refractivity contribution is 6.34. The van der Waals surface area contributed by atoms with Crippen LogP contribution in [0.25, 0.3) is 0 Å². The molecule has 0 aliphatic carbocycles. The van der Waals surface area contributed by atoms with E-state index in [1.165, 1.54) is 24.3 Å². The summed E-state index contributed by atoms with van der Waals surface area (Å²) < 4.78 is 43.4. The highest BCUT2D eigenvalue weighted by Gasteiger charge is 2.30. The summed E-state index contributed by atoms with van der Waals surface area (Å²) in [5, 5.41) is 5.27. The first-order valence-corrected chi connectivity index (χ1v) is 7.82. The second kappa shape index (κ2) is 6.87. The minimum Gasteiger partial charge on any atom is -0.482 e. The Morgan fingerprint density at radius 3 is 2.77 bits per heavy atom. The zero-order valence-corrected chi connectivity index (χ0v) is 13.9. The lowest BCUT2D eigenvalue weighted by atomic mass is 10.1. The maximum atomic E-state index is 12.7. The Morgan fingerprint density at radius 2 is 2.04 bits per heavy atom. The molecule has 0 aromatic heterocycles. The first-order valence-electron chi connectivity index (χ1n) is 7.44. The van der Waals surface area contributed by atoms with Crippen LogP contribution in [-0.2, 0) is 22.2 Å². The molecule has 5 nitrogen and oxygen atoms in total. The van der Waals surface area contributed by atoms with Gasteiger partial charge in [-0.1, -0.05) is 29.8 Å². The molecule has 0 bridgehead atoms. The van der Waals surface area contributed by atoms with Gasteiger partial charge in [0.05, 0.1) is 28.4 Å². The number of carbonyl (C=O) groups excluding carboxylic acids is 2. The predicted octanol–water partition coefficient (Wildman–Crippen LogP) is 3.87. The van der Waals surface area contributed by atoms with E-state index in [9.17, 15) is 22.8 Å². The number of carbonyl (C=O) groups is 2. The molecule has 0 radical (unpaired) electrons. The summed E-state index contributed by atoms with van der Waals surface area (Å²) in [6.07, 6.45) is -4.73. The van der Waals surface area contributed by atoms with Crippen LogP contribution in [0.4, 0.5) is 24.5 Å². The number of nitrogens with one attached hydrogen (secondary N) is 2. The molecular formula is C17H12ClF3N2O3. The molecule has 2 N–H and O–H groups in total. The number of hydrogen-bond acceptors (Lipinski definition) is 3. The maximum absolute atomic E-state index is 12.7. The summed E-state index contributed by atoms with van der Waals surface area (Å²) in [5.74, 6) is -0.524. The van der Waals surface area contributed by atoms with Crippen LogP contribution in [0.15, 0.2) is 36.4 Å². The highest BCUT2D eigenvalue weighted by atomic mass is 35.5. The average Bonchev–Trinajstić information content (AvgIpc) is 2.55. The molecule has 0 unspecified atom stereocenters. The van der Waals surface area contributed by atoms with Crippen molar-refractivity contribution < 1.29 is 27.5 Å². The Hall–Kier alpha value is -2.74. The molecule has 2 aromatic carbocycles. The zero-order chi connectivity index (χ0) is 18.9. The lowest BCUT2D eigenvalue weighted by Crippen LogP contribution is -2.25. The first kappa shape index (κ1) is 18.1. The van der Waals surface area contributed by atoms with Crippen LogP contribution in [0.2, 0.25) is 5.02 Å². The van der Waals surface area contributed by atoms with Gasteiger partial charge in [-0.25, -0.2) is 0 Å². The minimum atomic E-state index is -4.48. The number of ether oxygens (including phenoxy) is 1. The van der Waals surface area contributed by atoms with Gasteiger partial charge in [0.25, 0.3) is 5.91 Å². The Labute approximate surface area is 151 Å². The van der Waals surface area contributed by atoms with Gasteiger partial charge in [0, 0.05) is 6.07 Å². The average molecular weight is 385 g/mol. The fourth-order valence-corrected chi connectivity index (χ4v) is 2.64. The van der Waals surface area contributed by atoms with Crippen LogP contribution in [0.1, 0.15) is 11.1 Å². The molecule has 3 rings (SSSR count). The molecule has 0 saturated carbocycles. The number of hydrogen-bond donors (Lipinski definition) is 2. The van der Waals surface area contributed by atoms with Crippen molar-refractivity contribution in [2.75, 3.05) is 17.2 Å². The second-order valence-electron chi connectivity index (χ2n) is 5.59. The topological polar surface area (TPSA) is 67.4 Å². The van der Waals surface area contributed by atoms with Crippen LogP contribution in [-0.4, -0.2) is 18.4 Å². The van der Waals surface area contributed by atoms with Crippen molar-refractivity contribution in [1.29, 1.82) is 0 Å². The van der Waals surface area contributed by atoms with Crippen molar-refractivity contribution in [3.8, 4) is 5.75 Å². The largest absolute Gasteiger partial charge is 0.482 e. The van der Waals surface area contributed by atoms with Crippen LogP contribution in [0.5, 0.6) is 5.75 Å². The van der Waals surface area contributed by atoms with E-state index in [1.807, 2.05) is 0 Å². The van der Waals surface area contributed by atoms with Gasteiger partial charge >= 0.3 is 6.18 Å². The number of rotatable bonds is 3. The third kappa shape index (κ3) is 4.08. The lowest BCUT2D eigenvalue weighted by molar-refractivity contribution is -0.137. The molecule has 1 heterocycles. The van der Waals surface area contributed by atoms with E-state index in [2.05, 4.69) is 10.6 Å². The number of amides is 2. The molecule has 136 valence electrons. The van der Waals surface area contributed by atoms with Gasteiger partial charge in [-0.2, -0.15) is 13.2 Å². The summed E-state index contributed by atoms with van der Waals surface area (Å²) in [7, 11) is 0. The molecule has 0 spiro atoms. The first-order chi connectivity index (χ1) is 12.2. The van der Waals surface area contributed by atoms with E-state index in [4.69, 9.17) is 16.3 Å². The Bertz CT molecular complexity index is 884. The summed E-state index contributed by atoms with van der Waals surface area (Å²) in [4.78, 5) is 23.4. The molecule has 9 heteroatoms. The highest BCUT2D eigenvalue weighted by Crippen LogP contribution is 2.36. The van der Waals surface area contributed by atoms with Crippen molar-refractivity contribution in [3.63, 3.8) is 0 Å². The molecule has 1 aliphatic rings. The minimum absolute atomic E-state index is 0.159. The second-order valence-corrected chi connectivity index (χ2v) is 6.00. The van der Waals surface area contributed by atoms with Crippen molar-refractivity contribution in [1.82, 2.24) is 0 Å². The van der Waals surface area contributed by atoms with E-state index in [0.29, 0.717) is 11.4 Å². The van der Waals surface area contributed by atoms with Crippen LogP contribution in [0, 0.1) is 0 Å². The summed E-state index contributed by atoms with van der Waals surface area (Å²) >= 11 is 6.07. The lowest BCUT2D eigenvalue weighted by Gasteiger charge is -2.19. The fraction of sp³-hybridized carbons (Fsp3) is 0.176. The van der Waals surface area contributed by atoms with Crippen LogP contribution in [0.3, 0.4) is 0 Å². The monoisotopic (exact) mass is 384 g/mol. The fourth-order valence-electron chi connectivity index (χ4n) is 2.43.